The van der Waals surface area contributed by atoms with Crippen molar-refractivity contribution < 1.29 is 19.1 Å². The van der Waals surface area contributed by atoms with Crippen molar-refractivity contribution in [1.82, 2.24) is 0 Å². The Morgan fingerprint density at radius 1 is 0.893 bits per heavy atom. The number of rotatable bonds is 1. The van der Waals surface area contributed by atoms with Gasteiger partial charge in [-0.1, -0.05) is 30.3 Å². The maximum atomic E-state index is 13.4. The lowest BCUT2D eigenvalue weighted by atomic mass is 9.71. The van der Waals surface area contributed by atoms with Crippen molar-refractivity contribution in [2.75, 3.05) is 6.79 Å². The smallest absolute Gasteiger partial charge is 0.231 e. The largest absolute Gasteiger partial charge is 0.454 e. The van der Waals surface area contributed by atoms with Gasteiger partial charge < -0.3 is 9.47 Å². The molecule has 0 unspecified atom stereocenters. The van der Waals surface area contributed by atoms with E-state index in [1.807, 2.05) is 42.5 Å². The Bertz CT molecular complexity index is 1130. The number of ketones is 2. The Morgan fingerprint density at radius 3 is 2.61 bits per heavy atom. The zero-order chi connectivity index (χ0) is 18.8. The molecule has 2 aromatic rings. The van der Waals surface area contributed by atoms with Gasteiger partial charge in [0.2, 0.25) is 6.79 Å². The average molecular weight is 371 g/mol. The second kappa shape index (κ2) is 5.64. The molecule has 0 aromatic heterocycles. The molecule has 0 saturated heterocycles. The summed E-state index contributed by atoms with van der Waals surface area (Å²) < 4.78 is 11.0. The molecule has 0 N–H and O–H groups in total. The van der Waals surface area contributed by atoms with Crippen molar-refractivity contribution in [1.29, 1.82) is 0 Å². The highest BCUT2D eigenvalue weighted by molar-refractivity contribution is 6.30. The van der Waals surface area contributed by atoms with E-state index in [0.717, 1.165) is 35.4 Å². The van der Waals surface area contributed by atoms with Gasteiger partial charge in [-0.25, -0.2) is 0 Å². The summed E-state index contributed by atoms with van der Waals surface area (Å²) in [6.07, 6.45) is 2.09. The van der Waals surface area contributed by atoms with Gasteiger partial charge >= 0.3 is 0 Å². The van der Waals surface area contributed by atoms with E-state index >= 15 is 0 Å². The number of Topliss-reactive ketones (excluding diaryl/α,β-unsaturated/α-hetero) is 2. The molecule has 0 bridgehead atoms. The SMILES string of the molecule is O=C1CCCC2=C1[C@H](c1ccc3c(c1)OCO3)[C@@H]1C(=O)c3ccccc3C1=N2. The summed E-state index contributed by atoms with van der Waals surface area (Å²) in [5.74, 6) is 0.717. The van der Waals surface area contributed by atoms with Crippen molar-refractivity contribution in [3.8, 4) is 11.5 Å². The lowest BCUT2D eigenvalue weighted by Gasteiger charge is -2.33. The predicted molar refractivity (Wildman–Crippen MR) is 102 cm³/mol. The molecule has 138 valence electrons. The second-order valence-corrected chi connectivity index (χ2v) is 7.61. The zero-order valence-corrected chi connectivity index (χ0v) is 15.1. The molecular weight excluding hydrogens is 354 g/mol. The van der Waals surface area contributed by atoms with Crippen LogP contribution in [-0.2, 0) is 4.79 Å². The minimum Gasteiger partial charge on any atom is -0.454 e. The van der Waals surface area contributed by atoms with Gasteiger partial charge in [0.1, 0.15) is 0 Å². The van der Waals surface area contributed by atoms with Crippen molar-refractivity contribution in [2.24, 2.45) is 10.9 Å². The standard InChI is InChI=1S/C23H17NO4/c25-16-7-3-6-15-20(16)19(12-8-9-17-18(10-12)28-11-27-17)21-22(24-15)13-4-1-2-5-14(13)23(21)26/h1-2,4-5,8-10,19,21H,3,6-7,11H2/t19-,21-/m0/s1. The van der Waals surface area contributed by atoms with Crippen LogP contribution in [0.5, 0.6) is 11.5 Å². The number of nitrogens with zero attached hydrogens (tertiary/aromatic N) is 1. The minimum atomic E-state index is -0.460. The average Bonchev–Trinajstić information content (AvgIpc) is 3.30. The Balaban J connectivity index is 1.59. The number of hydrogen-bond acceptors (Lipinski definition) is 5. The fraction of sp³-hybridized carbons (Fsp3) is 0.261. The summed E-state index contributed by atoms with van der Waals surface area (Å²) in [7, 11) is 0. The molecule has 0 spiro atoms. The van der Waals surface area contributed by atoms with Crippen LogP contribution in [0, 0.1) is 5.92 Å². The van der Waals surface area contributed by atoms with E-state index in [-0.39, 0.29) is 24.3 Å². The summed E-state index contributed by atoms with van der Waals surface area (Å²) >= 11 is 0. The minimum absolute atomic E-state index is 0.0435. The lowest BCUT2D eigenvalue weighted by molar-refractivity contribution is -0.116. The van der Waals surface area contributed by atoms with Gasteiger partial charge in [0.25, 0.3) is 0 Å². The summed E-state index contributed by atoms with van der Waals surface area (Å²) in [5, 5.41) is 0. The first-order chi connectivity index (χ1) is 13.7. The van der Waals surface area contributed by atoms with E-state index in [1.54, 1.807) is 0 Å². The van der Waals surface area contributed by atoms with Crippen LogP contribution in [0.25, 0.3) is 0 Å². The van der Waals surface area contributed by atoms with Crippen molar-refractivity contribution in [2.45, 2.75) is 25.2 Å². The third-order valence-corrected chi connectivity index (χ3v) is 6.13. The van der Waals surface area contributed by atoms with Gasteiger partial charge in [0.15, 0.2) is 23.1 Å². The van der Waals surface area contributed by atoms with Crippen LogP contribution < -0.4 is 9.47 Å². The molecule has 2 aromatic carbocycles. The highest BCUT2D eigenvalue weighted by Gasteiger charge is 2.48. The van der Waals surface area contributed by atoms with Crippen molar-refractivity contribution in [3.05, 3.63) is 70.4 Å². The second-order valence-electron chi connectivity index (χ2n) is 7.61. The first-order valence-electron chi connectivity index (χ1n) is 9.60. The molecule has 2 aliphatic heterocycles. The Hall–Kier alpha value is -3.21. The fourth-order valence-electron chi connectivity index (χ4n) is 4.91. The van der Waals surface area contributed by atoms with Crippen LogP contribution >= 0.6 is 0 Å². The number of carbonyl (C=O) groups excluding carboxylic acids is 2. The van der Waals surface area contributed by atoms with Crippen molar-refractivity contribution >= 4 is 17.3 Å². The number of ether oxygens (including phenoxy) is 2. The van der Waals surface area contributed by atoms with Crippen LogP contribution in [0.1, 0.15) is 46.7 Å². The quantitative estimate of drug-likeness (QED) is 0.764. The van der Waals surface area contributed by atoms with E-state index in [2.05, 4.69) is 0 Å². The molecule has 0 amide bonds. The third-order valence-electron chi connectivity index (χ3n) is 6.13. The van der Waals surface area contributed by atoms with Gasteiger partial charge in [-0.05, 0) is 30.5 Å². The lowest BCUT2D eigenvalue weighted by Crippen LogP contribution is -2.33. The predicted octanol–water partition coefficient (Wildman–Crippen LogP) is 3.82. The van der Waals surface area contributed by atoms with Gasteiger partial charge in [0.05, 0.1) is 11.6 Å². The number of allylic oxidation sites excluding steroid dienone is 2. The Morgan fingerprint density at radius 2 is 1.71 bits per heavy atom. The summed E-state index contributed by atoms with van der Waals surface area (Å²) in [6.45, 7) is 0.191. The molecule has 0 saturated carbocycles. The van der Waals surface area contributed by atoms with E-state index < -0.39 is 5.92 Å². The van der Waals surface area contributed by atoms with E-state index in [4.69, 9.17) is 14.5 Å². The Kier molecular flexibility index (Phi) is 3.19. The highest BCUT2D eigenvalue weighted by Crippen LogP contribution is 2.49. The summed E-state index contributed by atoms with van der Waals surface area (Å²) in [4.78, 5) is 31.1. The summed E-state index contributed by atoms with van der Waals surface area (Å²) in [5.41, 5.74) is 4.86. The number of hydrogen-bond donors (Lipinski definition) is 0. The molecule has 5 nitrogen and oxygen atoms in total. The maximum absolute atomic E-state index is 13.4. The van der Waals surface area contributed by atoms with Gasteiger partial charge in [-0.15, -0.1) is 0 Å². The normalized spacial score (nSPS) is 24.6. The van der Waals surface area contributed by atoms with E-state index in [0.29, 0.717) is 29.1 Å². The molecule has 2 aliphatic carbocycles. The van der Waals surface area contributed by atoms with Crippen LogP contribution in [0.2, 0.25) is 0 Å². The highest BCUT2D eigenvalue weighted by atomic mass is 16.7. The molecular formula is C23H17NO4. The molecule has 2 atom stereocenters. The number of carbonyl (C=O) groups is 2. The van der Waals surface area contributed by atoms with Gasteiger partial charge in [-0.3, -0.25) is 14.6 Å². The van der Waals surface area contributed by atoms with E-state index in [9.17, 15) is 9.59 Å². The van der Waals surface area contributed by atoms with Gasteiger partial charge in [0, 0.05) is 34.7 Å². The molecule has 0 fully saturated rings. The Labute approximate surface area is 161 Å². The molecule has 0 radical (unpaired) electrons. The molecule has 28 heavy (non-hydrogen) atoms. The first-order valence-corrected chi connectivity index (χ1v) is 9.60. The topological polar surface area (TPSA) is 65.0 Å². The zero-order valence-electron chi connectivity index (χ0n) is 15.1. The van der Waals surface area contributed by atoms with Crippen molar-refractivity contribution in [3.63, 3.8) is 0 Å². The van der Waals surface area contributed by atoms with Crippen LogP contribution in [-0.4, -0.2) is 24.1 Å². The molecule has 2 heterocycles. The van der Waals surface area contributed by atoms with Crippen LogP contribution in [0.15, 0.2) is 58.7 Å². The number of benzene rings is 2. The first kappa shape index (κ1) is 15.8. The molecule has 4 aliphatic rings. The van der Waals surface area contributed by atoms with E-state index in [1.165, 1.54) is 0 Å². The maximum Gasteiger partial charge on any atom is 0.231 e. The monoisotopic (exact) mass is 371 g/mol. The summed E-state index contributed by atoms with van der Waals surface area (Å²) in [6, 6.07) is 13.4. The van der Waals surface area contributed by atoms with Gasteiger partial charge in [-0.2, -0.15) is 0 Å². The third kappa shape index (κ3) is 2.04. The number of aliphatic imine (C=N–C) groups is 1. The molecule has 6 rings (SSSR count). The number of fused-ring (bicyclic) bond motifs is 4. The van der Waals surface area contributed by atoms with Crippen LogP contribution in [0.3, 0.4) is 0 Å². The van der Waals surface area contributed by atoms with Crippen LogP contribution in [0.4, 0.5) is 0 Å². The fourth-order valence-corrected chi connectivity index (χ4v) is 4.91. The molecule has 5 heteroatoms.